The molecule has 0 rings (SSSR count). The van der Waals surface area contributed by atoms with Crippen LogP contribution in [-0.2, 0) is 0 Å². The highest BCUT2D eigenvalue weighted by Crippen LogP contribution is 2.49. The molecule has 0 atom stereocenters. The quantitative estimate of drug-likeness (QED) is 0.352. The molecular weight excluding hydrogens is 385 g/mol. The van der Waals surface area contributed by atoms with E-state index >= 15 is 0 Å². The van der Waals surface area contributed by atoms with Crippen LogP contribution in [0, 0.1) is 0 Å². The highest BCUT2D eigenvalue weighted by molar-refractivity contribution is 8.05. The van der Waals surface area contributed by atoms with Crippen molar-refractivity contribution in [1.29, 1.82) is 0 Å². The van der Waals surface area contributed by atoms with Crippen molar-refractivity contribution in [2.24, 2.45) is 0 Å². The summed E-state index contributed by atoms with van der Waals surface area (Å²) in [6.07, 6.45) is -0.991. The lowest BCUT2D eigenvalue weighted by Gasteiger charge is -2.66. The van der Waals surface area contributed by atoms with Crippen molar-refractivity contribution >= 4 is 47.2 Å². The molecule has 0 bridgehead atoms. The molecule has 0 radical (unpaired) electrons. The van der Waals surface area contributed by atoms with E-state index in [-0.39, 0.29) is 8.55 Å². The van der Waals surface area contributed by atoms with Gasteiger partial charge in [-0.05, 0) is 18.3 Å². The maximum atomic E-state index is 2.66. The molecule has 0 aromatic heterocycles. The Morgan fingerprint density at radius 2 is 0.625 bits per heavy atom. The molecule has 0 aromatic carbocycles. The lowest BCUT2D eigenvalue weighted by atomic mass is 10.9. The summed E-state index contributed by atoms with van der Waals surface area (Å²) in [6, 6.07) is 14.9. The summed E-state index contributed by atoms with van der Waals surface area (Å²) in [7, 11) is -1.20. The first-order valence-corrected chi connectivity index (χ1v) is 32.2. The van der Waals surface area contributed by atoms with Crippen molar-refractivity contribution in [3.8, 4) is 0 Å². The highest BCUT2D eigenvalue weighted by Gasteiger charge is 2.68. The van der Waals surface area contributed by atoms with Gasteiger partial charge in [0, 0.05) is 28.9 Å². The zero-order valence-corrected chi connectivity index (χ0v) is 26.5. The van der Waals surface area contributed by atoms with Crippen LogP contribution < -0.4 is 0 Å². The van der Waals surface area contributed by atoms with E-state index in [0.717, 1.165) is 0 Å². The van der Waals surface area contributed by atoms with Gasteiger partial charge in [0.15, 0.2) is 0 Å². The van der Waals surface area contributed by atoms with Gasteiger partial charge in [0.1, 0.15) is 0 Å². The van der Waals surface area contributed by atoms with E-state index in [4.69, 9.17) is 0 Å². The van der Waals surface area contributed by atoms with Crippen LogP contribution in [0.25, 0.3) is 0 Å². The molecule has 0 saturated heterocycles. The van der Waals surface area contributed by atoms with E-state index in [9.17, 15) is 0 Å². The Labute approximate surface area is 163 Å². The molecule has 146 valence electrons. The summed E-state index contributed by atoms with van der Waals surface area (Å²) >= 11 is 0. The van der Waals surface area contributed by atoms with Crippen LogP contribution in [0.2, 0.25) is 54.4 Å². The van der Waals surface area contributed by atoms with Gasteiger partial charge < -0.3 is 0 Å². The first-order valence-electron chi connectivity index (χ1n) is 11.4. The minimum atomic E-state index is -1.03. The molecule has 0 spiro atoms. The summed E-state index contributed by atoms with van der Waals surface area (Å²) in [6.45, 7) is 23.9. The molecule has 0 aromatic rings. The zero-order valence-electron chi connectivity index (χ0n) is 19.1. The Balaban J connectivity index is 7.11. The third-order valence-corrected chi connectivity index (χ3v) is 144. The topological polar surface area (TPSA) is 0 Å². The van der Waals surface area contributed by atoms with Crippen LogP contribution in [0.1, 0.15) is 62.3 Å². The molecule has 0 amide bonds. The molecule has 0 aliphatic carbocycles. The fraction of sp³-hybridized carbons (Fsp3) is 1.00. The van der Waals surface area contributed by atoms with Crippen molar-refractivity contribution in [1.82, 2.24) is 0 Å². The molecular formula is C18H50Si6. The minimum absolute atomic E-state index is 0.273. The van der Waals surface area contributed by atoms with Gasteiger partial charge in [-0.3, -0.25) is 0 Å². The predicted octanol–water partition coefficient (Wildman–Crippen LogP) is 5.14. The summed E-state index contributed by atoms with van der Waals surface area (Å²) in [4.78, 5) is 0. The van der Waals surface area contributed by atoms with Gasteiger partial charge in [-0.25, -0.2) is 0 Å². The molecule has 0 nitrogen and oxygen atoms in total. The lowest BCUT2D eigenvalue weighted by molar-refractivity contribution is 1.17. The van der Waals surface area contributed by atoms with Gasteiger partial charge >= 0.3 is 0 Å². The van der Waals surface area contributed by atoms with Crippen LogP contribution in [0.4, 0.5) is 0 Å². The molecule has 0 N–H and O–H groups in total. The number of rotatable bonds is 13. The summed E-state index contributed by atoms with van der Waals surface area (Å²) in [5.41, 5.74) is 0. The second-order valence-electron chi connectivity index (χ2n) is 8.28. The van der Waals surface area contributed by atoms with Crippen LogP contribution in [0.3, 0.4) is 0 Å². The van der Waals surface area contributed by atoms with Gasteiger partial charge in [-0.15, -0.1) is 0 Å². The molecule has 24 heavy (non-hydrogen) atoms. The van der Waals surface area contributed by atoms with E-state index < -0.39 is 28.9 Å². The van der Waals surface area contributed by atoms with Gasteiger partial charge in [0.2, 0.25) is 0 Å². The monoisotopic (exact) mass is 434 g/mol. The first-order chi connectivity index (χ1) is 11.4. The van der Waals surface area contributed by atoms with Crippen LogP contribution >= 0.6 is 0 Å². The Hall–Kier alpha value is 1.30. The van der Waals surface area contributed by atoms with E-state index in [1.807, 2.05) is 0 Å². The van der Waals surface area contributed by atoms with E-state index in [2.05, 4.69) is 62.3 Å². The van der Waals surface area contributed by atoms with Crippen molar-refractivity contribution < 1.29 is 0 Å². The van der Waals surface area contributed by atoms with E-state index in [1.54, 1.807) is 64.2 Å². The fourth-order valence-electron chi connectivity index (χ4n) is 7.78. The molecule has 6 heteroatoms. The average molecular weight is 435 g/mol. The standard InChI is InChI=1S/C18H50Si6/c1-10-21(11-2,12-3)24(20-19,22(13-4,14-5)15-6)23(16-7,17-8)18-9/h10-18,20H2,1-9,19H3. The second kappa shape index (κ2) is 10.6. The average Bonchev–Trinajstić information content (AvgIpc) is 2.65. The smallest absolute Gasteiger partial charge is 0.0388 e. The maximum absolute atomic E-state index is 2.66. The van der Waals surface area contributed by atoms with Crippen LogP contribution in [0.15, 0.2) is 0 Å². The number of hydrogen-bond acceptors (Lipinski definition) is 0. The maximum Gasteiger partial charge on any atom is 0.0388 e. The molecule has 0 aliphatic rings. The Bertz CT molecular complexity index is 270. The van der Waals surface area contributed by atoms with Gasteiger partial charge in [-0.2, -0.15) is 0 Å². The summed E-state index contributed by atoms with van der Waals surface area (Å²) in [5.74, 6) is 0. The zero-order chi connectivity index (χ0) is 19.1. The third kappa shape index (κ3) is 3.41. The normalized spacial score (nSPS) is 14.9. The molecule has 0 fully saturated rings. The second-order valence-corrected chi connectivity index (χ2v) is 64.6. The van der Waals surface area contributed by atoms with E-state index in [1.165, 1.54) is 0 Å². The first kappa shape index (κ1) is 25.3. The van der Waals surface area contributed by atoms with E-state index in [0.29, 0.717) is 0 Å². The predicted molar refractivity (Wildman–Crippen MR) is 136 cm³/mol. The largest absolute Gasteiger partial charge is 0.0680 e. The van der Waals surface area contributed by atoms with Crippen molar-refractivity contribution in [3.63, 3.8) is 0 Å². The number of hydrogen-bond donors (Lipinski definition) is 0. The lowest BCUT2D eigenvalue weighted by Crippen LogP contribution is -2.91. The summed E-state index contributed by atoms with van der Waals surface area (Å²) in [5, 5.41) is 0. The van der Waals surface area contributed by atoms with Crippen LogP contribution in [-0.4, -0.2) is 47.2 Å². The summed E-state index contributed by atoms with van der Waals surface area (Å²) < 4.78 is 0. The van der Waals surface area contributed by atoms with Crippen molar-refractivity contribution in [2.45, 2.75) is 117 Å². The van der Waals surface area contributed by atoms with Gasteiger partial charge in [0.05, 0.1) is 0 Å². The molecule has 0 unspecified atom stereocenters. The molecule has 0 aliphatic heterocycles. The Morgan fingerprint density at radius 3 is 0.708 bits per heavy atom. The highest BCUT2D eigenvalue weighted by atomic mass is 30.2. The van der Waals surface area contributed by atoms with Crippen molar-refractivity contribution in [3.05, 3.63) is 0 Å². The van der Waals surface area contributed by atoms with Crippen LogP contribution in [0.5, 0.6) is 0 Å². The minimum Gasteiger partial charge on any atom is -0.0680 e. The van der Waals surface area contributed by atoms with Gasteiger partial charge in [0.25, 0.3) is 0 Å². The fourth-order valence-corrected chi connectivity index (χ4v) is 217. The molecule has 0 heterocycles. The van der Waals surface area contributed by atoms with Gasteiger partial charge in [-0.1, -0.05) is 117 Å². The Morgan fingerprint density at radius 1 is 0.458 bits per heavy atom. The SMILES string of the molecule is CC[Si](CC)(CC)[Si]([SiH2][SiH3])([Si](CC)(CC)CC)[Si](CC)(CC)CC. The Kier molecular flexibility index (Phi) is 11.2. The third-order valence-electron chi connectivity index (χ3n) is 9.34. The van der Waals surface area contributed by atoms with Crippen molar-refractivity contribution in [2.75, 3.05) is 0 Å². The molecule has 0 saturated carbocycles.